The summed E-state index contributed by atoms with van der Waals surface area (Å²) in [6, 6.07) is 0. The van der Waals surface area contributed by atoms with Crippen LogP contribution in [0.5, 0.6) is 0 Å². The highest BCUT2D eigenvalue weighted by Gasteiger charge is 2.83. The van der Waals surface area contributed by atoms with Crippen LogP contribution in [0.15, 0.2) is 47.6 Å². The zero-order chi connectivity index (χ0) is 26.0. The smallest absolute Gasteiger partial charge is 0.331 e. The van der Waals surface area contributed by atoms with Crippen molar-refractivity contribution in [3.05, 3.63) is 47.6 Å². The normalized spacial score (nSPS) is 50.5. The average molecular weight is 513 g/mol. The first kappa shape index (κ1) is 25.0. The van der Waals surface area contributed by atoms with E-state index in [0.29, 0.717) is 19.4 Å². The molecule has 4 aliphatic heterocycles. The predicted octanol–water partition coefficient (Wildman–Crippen LogP) is 3.71. The lowest BCUT2D eigenvalue weighted by Gasteiger charge is -2.58. The Balaban J connectivity index is 1.37. The topological polar surface area (TPSA) is 92.8 Å². The maximum absolute atomic E-state index is 13.0. The number of allylic oxidation sites excluding steroid dienone is 3. The molecule has 8 heteroatoms. The van der Waals surface area contributed by atoms with Crippen molar-refractivity contribution in [2.45, 2.75) is 95.8 Å². The molecule has 0 amide bonds. The number of esters is 2. The van der Waals surface area contributed by atoms with Gasteiger partial charge in [-0.25, -0.2) is 9.59 Å². The molecule has 4 heterocycles. The highest BCUT2D eigenvalue weighted by atomic mass is 16.7. The lowest BCUT2D eigenvalue weighted by molar-refractivity contribution is -0.232. The fourth-order valence-corrected chi connectivity index (χ4v) is 7.32. The summed E-state index contributed by atoms with van der Waals surface area (Å²) < 4.78 is 36.8. The van der Waals surface area contributed by atoms with Crippen molar-refractivity contribution >= 4 is 11.9 Å². The predicted molar refractivity (Wildman–Crippen MR) is 132 cm³/mol. The highest BCUT2D eigenvalue weighted by molar-refractivity contribution is 5.83. The summed E-state index contributed by atoms with van der Waals surface area (Å²) in [5.41, 5.74) is 0.362. The van der Waals surface area contributed by atoms with E-state index in [0.717, 1.165) is 18.4 Å². The van der Waals surface area contributed by atoms with Crippen LogP contribution >= 0.6 is 0 Å². The van der Waals surface area contributed by atoms with Gasteiger partial charge >= 0.3 is 11.9 Å². The molecule has 8 nitrogen and oxygen atoms in total. The van der Waals surface area contributed by atoms with Crippen LogP contribution in [0.4, 0.5) is 0 Å². The molecule has 0 N–H and O–H groups in total. The molecule has 4 bridgehead atoms. The van der Waals surface area contributed by atoms with Crippen molar-refractivity contribution in [3.8, 4) is 0 Å². The second kappa shape index (κ2) is 8.90. The largest absolute Gasteiger partial charge is 0.462 e. The molecule has 0 radical (unpaired) electrons. The van der Waals surface area contributed by atoms with Crippen molar-refractivity contribution in [1.29, 1.82) is 0 Å². The number of cyclic esters (lactones) is 1. The molecule has 9 atom stereocenters. The van der Waals surface area contributed by atoms with Gasteiger partial charge in [0.25, 0.3) is 0 Å². The Morgan fingerprint density at radius 1 is 0.973 bits per heavy atom. The minimum Gasteiger partial charge on any atom is -0.462 e. The van der Waals surface area contributed by atoms with Crippen LogP contribution < -0.4 is 0 Å². The van der Waals surface area contributed by atoms with E-state index in [1.165, 1.54) is 17.7 Å². The standard InChI is InChI=1S/C29H36O8/c1-17-9-10-28-15-32-25(31)12-18(2)13-26-34-19(3)20(35-26)7-5-6-8-24(30)37-21-14-23(36-22(28)11-17)29(16-33-29)27(21,28)4/h5-8,11-12,19-23,26H,9-10,13-16H2,1-4H3/b7-5+,8-6-,18-12-/t19-,20-,21-,22-,23-,26-,27-,28-,29-/m1/s1. The van der Waals surface area contributed by atoms with Gasteiger partial charge in [-0.3, -0.25) is 0 Å². The number of carbonyl (C=O) groups excluding carboxylic acids is 2. The maximum atomic E-state index is 13.0. The molecule has 2 spiro atoms. The lowest BCUT2D eigenvalue weighted by Crippen LogP contribution is -2.66. The van der Waals surface area contributed by atoms with E-state index in [1.54, 1.807) is 12.2 Å². The summed E-state index contributed by atoms with van der Waals surface area (Å²) in [4.78, 5) is 26.0. The third kappa shape index (κ3) is 3.87. The molecule has 0 aromatic rings. The van der Waals surface area contributed by atoms with E-state index in [2.05, 4.69) is 19.9 Å². The Morgan fingerprint density at radius 2 is 1.78 bits per heavy atom. The number of hydrogen-bond donors (Lipinski definition) is 0. The number of fused-ring (bicyclic) bond motifs is 2. The first-order chi connectivity index (χ1) is 17.7. The third-order valence-electron chi connectivity index (χ3n) is 9.58. The quantitative estimate of drug-likeness (QED) is 0.276. The summed E-state index contributed by atoms with van der Waals surface area (Å²) in [6.45, 7) is 8.77. The Labute approximate surface area is 217 Å². The lowest BCUT2D eigenvalue weighted by atomic mass is 9.51. The molecule has 6 rings (SSSR count). The van der Waals surface area contributed by atoms with Crippen LogP contribution in [0.3, 0.4) is 0 Å². The van der Waals surface area contributed by atoms with E-state index >= 15 is 0 Å². The first-order valence-corrected chi connectivity index (χ1v) is 13.3. The van der Waals surface area contributed by atoms with Crippen LogP contribution in [-0.2, 0) is 38.0 Å². The second-order valence-corrected chi connectivity index (χ2v) is 11.7. The number of rotatable bonds is 0. The molecule has 37 heavy (non-hydrogen) atoms. The van der Waals surface area contributed by atoms with Gasteiger partial charge in [-0.1, -0.05) is 42.4 Å². The molecule has 0 unspecified atom stereocenters. The van der Waals surface area contributed by atoms with E-state index < -0.39 is 40.8 Å². The average Bonchev–Trinajstić information content (AvgIpc) is 3.54. The minimum atomic E-state index is -0.590. The van der Waals surface area contributed by atoms with Gasteiger partial charge < -0.3 is 28.4 Å². The summed E-state index contributed by atoms with van der Waals surface area (Å²) in [6.07, 6.45) is 11.3. The number of hydrogen-bond acceptors (Lipinski definition) is 8. The first-order valence-electron chi connectivity index (χ1n) is 13.3. The van der Waals surface area contributed by atoms with Crippen LogP contribution in [0.1, 0.15) is 53.4 Å². The van der Waals surface area contributed by atoms with Gasteiger partial charge in [0.15, 0.2) is 6.29 Å². The van der Waals surface area contributed by atoms with Gasteiger partial charge in [0.1, 0.15) is 24.4 Å². The zero-order valence-electron chi connectivity index (χ0n) is 21.9. The van der Waals surface area contributed by atoms with E-state index in [4.69, 9.17) is 28.4 Å². The molecule has 1 saturated carbocycles. The van der Waals surface area contributed by atoms with Crippen molar-refractivity contribution in [2.75, 3.05) is 13.2 Å². The second-order valence-electron chi connectivity index (χ2n) is 11.7. The summed E-state index contributed by atoms with van der Waals surface area (Å²) in [5.74, 6) is -0.828. The molecule has 0 aromatic carbocycles. The molecular weight excluding hydrogens is 476 g/mol. The van der Waals surface area contributed by atoms with Crippen molar-refractivity contribution < 1.29 is 38.0 Å². The van der Waals surface area contributed by atoms with E-state index in [9.17, 15) is 9.59 Å². The van der Waals surface area contributed by atoms with Gasteiger partial charge in [0.2, 0.25) is 0 Å². The fourth-order valence-electron chi connectivity index (χ4n) is 7.32. The minimum absolute atomic E-state index is 0.147. The van der Waals surface area contributed by atoms with Crippen LogP contribution in [0, 0.1) is 10.8 Å². The molecule has 2 aliphatic carbocycles. The Kier molecular flexibility index (Phi) is 6.02. The Bertz CT molecular complexity index is 1100. The van der Waals surface area contributed by atoms with Gasteiger partial charge in [-0.2, -0.15) is 0 Å². The monoisotopic (exact) mass is 512 g/mol. The number of ether oxygens (including phenoxy) is 6. The fraction of sp³-hybridized carbons (Fsp3) is 0.655. The van der Waals surface area contributed by atoms with E-state index in [-0.39, 0.29) is 31.0 Å². The number of carbonyl (C=O) groups is 2. The molecule has 4 fully saturated rings. The number of epoxide rings is 1. The van der Waals surface area contributed by atoms with Crippen LogP contribution in [0.2, 0.25) is 0 Å². The van der Waals surface area contributed by atoms with Crippen molar-refractivity contribution in [2.24, 2.45) is 10.8 Å². The summed E-state index contributed by atoms with van der Waals surface area (Å²) in [5, 5.41) is 0. The SMILES string of the molecule is CC1=C[C@H]2O[C@@H]3C[C@H]4OC(=O)/C=C\C=C\[C@H]5O[C@H](C/C(C)=C\C(=O)OC[C@@]2(CC1)[C@]4(C)[C@@]31CO1)O[C@@H]5C. The van der Waals surface area contributed by atoms with Gasteiger partial charge in [-0.15, -0.1) is 0 Å². The molecule has 6 aliphatic rings. The van der Waals surface area contributed by atoms with Crippen molar-refractivity contribution in [3.63, 3.8) is 0 Å². The highest BCUT2D eigenvalue weighted by Crippen LogP contribution is 2.72. The summed E-state index contributed by atoms with van der Waals surface area (Å²) >= 11 is 0. The molecule has 0 aromatic heterocycles. The van der Waals surface area contributed by atoms with Gasteiger partial charge in [0, 0.05) is 30.4 Å². The molecule has 200 valence electrons. The van der Waals surface area contributed by atoms with Gasteiger partial charge in [0.05, 0.1) is 30.3 Å². The van der Waals surface area contributed by atoms with Gasteiger partial charge in [-0.05, 0) is 33.6 Å². The third-order valence-corrected chi connectivity index (χ3v) is 9.58. The summed E-state index contributed by atoms with van der Waals surface area (Å²) in [7, 11) is 0. The van der Waals surface area contributed by atoms with Crippen LogP contribution in [-0.4, -0.2) is 67.6 Å². The maximum Gasteiger partial charge on any atom is 0.331 e. The molecular formula is C29H36O8. The molecule has 3 saturated heterocycles. The van der Waals surface area contributed by atoms with E-state index in [1.807, 2.05) is 19.9 Å². The van der Waals surface area contributed by atoms with Crippen LogP contribution in [0.25, 0.3) is 0 Å². The Hall–Kier alpha value is -2.26. The Morgan fingerprint density at radius 3 is 2.57 bits per heavy atom. The van der Waals surface area contributed by atoms with Crippen molar-refractivity contribution in [1.82, 2.24) is 0 Å². The zero-order valence-corrected chi connectivity index (χ0v) is 21.9.